The molecule has 0 unspecified atom stereocenters. The number of piperidine rings is 1. The molecule has 0 saturated carbocycles. The Kier molecular flexibility index (Phi) is 6.43. The number of amides is 1. The lowest BCUT2D eigenvalue weighted by Gasteiger charge is -2.30. The number of benzene rings is 2. The summed E-state index contributed by atoms with van der Waals surface area (Å²) in [5.74, 6) is 1.67. The van der Waals surface area contributed by atoms with Gasteiger partial charge in [0, 0.05) is 50.9 Å². The molecule has 1 aliphatic rings. The molecule has 4 rings (SSSR count). The van der Waals surface area contributed by atoms with Crippen LogP contribution in [0.1, 0.15) is 25.3 Å². The second-order valence-electron chi connectivity index (χ2n) is 7.73. The van der Waals surface area contributed by atoms with Gasteiger partial charge in [-0.3, -0.25) is 4.79 Å². The topological polar surface area (TPSA) is 25.2 Å². The van der Waals surface area contributed by atoms with Gasteiger partial charge in [-0.2, -0.15) is 0 Å². The van der Waals surface area contributed by atoms with Crippen molar-refractivity contribution >= 4 is 51.8 Å². The molecule has 1 aromatic heterocycles. The van der Waals surface area contributed by atoms with Crippen LogP contribution in [0.5, 0.6) is 0 Å². The fourth-order valence-corrected chi connectivity index (χ4v) is 5.40. The van der Waals surface area contributed by atoms with Crippen molar-refractivity contribution in [2.75, 3.05) is 13.1 Å². The Morgan fingerprint density at radius 1 is 1.14 bits per heavy atom. The zero-order chi connectivity index (χ0) is 20.4. The zero-order valence-electron chi connectivity index (χ0n) is 16.4. The molecule has 1 saturated heterocycles. The summed E-state index contributed by atoms with van der Waals surface area (Å²) in [6.07, 6.45) is 4.30. The number of halogens is 2. The molecular formula is C23H24Cl2N2OS. The standard InChI is InChI=1S/C23H24Cl2N2OS/c1-16-8-10-26(11-9-16)23(28)14-27-13-22(19-4-2-3-5-21(19)27)29-15-17-6-7-18(24)12-20(17)25/h2-7,12-13,16H,8-11,14-15H2,1H3. The van der Waals surface area contributed by atoms with E-state index in [1.165, 1.54) is 5.39 Å². The molecule has 1 amide bonds. The van der Waals surface area contributed by atoms with Crippen LogP contribution in [0.2, 0.25) is 10.0 Å². The number of carbonyl (C=O) groups excluding carboxylic acids is 1. The SMILES string of the molecule is CC1CCN(C(=O)Cn2cc(SCc3ccc(Cl)cc3Cl)c3ccccc32)CC1. The largest absolute Gasteiger partial charge is 0.341 e. The lowest BCUT2D eigenvalue weighted by Crippen LogP contribution is -2.39. The summed E-state index contributed by atoms with van der Waals surface area (Å²) >= 11 is 14.1. The number of likely N-dealkylation sites (tertiary alicyclic amines) is 1. The molecule has 0 bridgehead atoms. The third-order valence-corrected chi connectivity index (χ3v) is 7.27. The molecule has 6 heteroatoms. The van der Waals surface area contributed by atoms with Crippen molar-refractivity contribution in [3.05, 3.63) is 64.3 Å². The van der Waals surface area contributed by atoms with Crippen LogP contribution in [0.25, 0.3) is 10.9 Å². The zero-order valence-corrected chi connectivity index (χ0v) is 18.7. The Morgan fingerprint density at radius 3 is 2.66 bits per heavy atom. The van der Waals surface area contributed by atoms with Gasteiger partial charge < -0.3 is 9.47 Å². The molecule has 0 atom stereocenters. The third-order valence-electron chi connectivity index (χ3n) is 5.59. The van der Waals surface area contributed by atoms with E-state index >= 15 is 0 Å². The van der Waals surface area contributed by atoms with Crippen molar-refractivity contribution in [2.24, 2.45) is 5.92 Å². The fourth-order valence-electron chi connectivity index (χ4n) is 3.76. The normalized spacial score (nSPS) is 15.2. The maximum Gasteiger partial charge on any atom is 0.242 e. The van der Waals surface area contributed by atoms with Crippen molar-refractivity contribution in [2.45, 2.75) is 37.0 Å². The molecule has 2 heterocycles. The molecule has 3 aromatic rings. The van der Waals surface area contributed by atoms with E-state index in [0.29, 0.717) is 22.5 Å². The first-order valence-electron chi connectivity index (χ1n) is 9.93. The second kappa shape index (κ2) is 9.03. The molecule has 0 N–H and O–H groups in total. The maximum atomic E-state index is 12.9. The average Bonchev–Trinajstić information content (AvgIpc) is 3.05. The monoisotopic (exact) mass is 446 g/mol. The van der Waals surface area contributed by atoms with E-state index in [9.17, 15) is 4.79 Å². The molecule has 0 radical (unpaired) electrons. The van der Waals surface area contributed by atoms with Crippen LogP contribution in [0.4, 0.5) is 0 Å². The molecule has 1 fully saturated rings. The Morgan fingerprint density at radius 2 is 1.90 bits per heavy atom. The number of aromatic nitrogens is 1. The lowest BCUT2D eigenvalue weighted by molar-refractivity contribution is -0.133. The highest BCUT2D eigenvalue weighted by Gasteiger charge is 2.21. The number of carbonyl (C=O) groups is 1. The first kappa shape index (κ1) is 20.6. The number of nitrogens with zero attached hydrogens (tertiary/aromatic N) is 2. The van der Waals surface area contributed by atoms with Gasteiger partial charge in [-0.05, 0) is 42.5 Å². The highest BCUT2D eigenvalue weighted by atomic mass is 35.5. The predicted molar refractivity (Wildman–Crippen MR) is 123 cm³/mol. The highest BCUT2D eigenvalue weighted by molar-refractivity contribution is 7.98. The predicted octanol–water partition coefficient (Wildman–Crippen LogP) is 6.50. The van der Waals surface area contributed by atoms with Gasteiger partial charge in [-0.15, -0.1) is 11.8 Å². The number of para-hydroxylation sites is 1. The summed E-state index contributed by atoms with van der Waals surface area (Å²) in [6.45, 7) is 4.39. The molecule has 0 spiro atoms. The quantitative estimate of drug-likeness (QED) is 0.417. The lowest BCUT2D eigenvalue weighted by atomic mass is 9.99. The van der Waals surface area contributed by atoms with Gasteiger partial charge in [-0.25, -0.2) is 0 Å². The molecule has 152 valence electrons. The van der Waals surface area contributed by atoms with Gasteiger partial charge in [0.15, 0.2) is 0 Å². The summed E-state index contributed by atoms with van der Waals surface area (Å²) < 4.78 is 2.08. The van der Waals surface area contributed by atoms with Crippen molar-refractivity contribution in [3.8, 4) is 0 Å². The molecule has 0 aliphatic carbocycles. The van der Waals surface area contributed by atoms with Gasteiger partial charge >= 0.3 is 0 Å². The Bertz CT molecular complexity index is 1020. The van der Waals surface area contributed by atoms with Crippen LogP contribution in [0.3, 0.4) is 0 Å². The van der Waals surface area contributed by atoms with Crippen LogP contribution in [-0.4, -0.2) is 28.5 Å². The molecule has 3 nitrogen and oxygen atoms in total. The van der Waals surface area contributed by atoms with Crippen molar-refractivity contribution in [1.82, 2.24) is 9.47 Å². The minimum Gasteiger partial charge on any atom is -0.341 e. The van der Waals surface area contributed by atoms with E-state index in [1.807, 2.05) is 29.2 Å². The Labute approximate surface area is 186 Å². The summed E-state index contributed by atoms with van der Waals surface area (Å²) in [5.41, 5.74) is 2.15. The fraction of sp³-hybridized carbons (Fsp3) is 0.348. The van der Waals surface area contributed by atoms with Gasteiger partial charge in [-0.1, -0.05) is 54.4 Å². The van der Waals surface area contributed by atoms with Crippen LogP contribution < -0.4 is 0 Å². The summed E-state index contributed by atoms with van der Waals surface area (Å²) in [6, 6.07) is 13.9. The van der Waals surface area contributed by atoms with E-state index in [1.54, 1.807) is 17.8 Å². The van der Waals surface area contributed by atoms with E-state index in [-0.39, 0.29) is 5.91 Å². The molecular weight excluding hydrogens is 423 g/mol. The van der Waals surface area contributed by atoms with Crippen LogP contribution in [-0.2, 0) is 17.1 Å². The third kappa shape index (κ3) is 4.76. The van der Waals surface area contributed by atoms with E-state index in [4.69, 9.17) is 23.2 Å². The van der Waals surface area contributed by atoms with Gasteiger partial charge in [0.05, 0.1) is 0 Å². The van der Waals surface area contributed by atoms with E-state index < -0.39 is 0 Å². The van der Waals surface area contributed by atoms with Crippen LogP contribution in [0.15, 0.2) is 53.6 Å². The first-order chi connectivity index (χ1) is 14.0. The summed E-state index contributed by atoms with van der Waals surface area (Å²) in [7, 11) is 0. The van der Waals surface area contributed by atoms with Crippen molar-refractivity contribution in [1.29, 1.82) is 0 Å². The Hall–Kier alpha value is -1.62. The second-order valence-corrected chi connectivity index (χ2v) is 9.59. The molecule has 1 aliphatic heterocycles. The molecule has 2 aromatic carbocycles. The Balaban J connectivity index is 1.52. The minimum atomic E-state index is 0.204. The molecule has 29 heavy (non-hydrogen) atoms. The smallest absolute Gasteiger partial charge is 0.242 e. The highest BCUT2D eigenvalue weighted by Crippen LogP contribution is 2.34. The number of fused-ring (bicyclic) bond motifs is 1. The van der Waals surface area contributed by atoms with Crippen LogP contribution in [0, 0.1) is 5.92 Å². The maximum absolute atomic E-state index is 12.9. The van der Waals surface area contributed by atoms with Crippen molar-refractivity contribution < 1.29 is 4.79 Å². The number of hydrogen-bond donors (Lipinski definition) is 0. The van der Waals surface area contributed by atoms with E-state index in [2.05, 4.69) is 29.8 Å². The van der Waals surface area contributed by atoms with Crippen LogP contribution >= 0.6 is 35.0 Å². The number of rotatable bonds is 5. The minimum absolute atomic E-state index is 0.204. The van der Waals surface area contributed by atoms with Gasteiger partial charge in [0.2, 0.25) is 5.91 Å². The van der Waals surface area contributed by atoms with Gasteiger partial charge in [0.1, 0.15) is 6.54 Å². The number of thioether (sulfide) groups is 1. The van der Waals surface area contributed by atoms with Crippen molar-refractivity contribution in [3.63, 3.8) is 0 Å². The number of hydrogen-bond acceptors (Lipinski definition) is 2. The summed E-state index contributed by atoms with van der Waals surface area (Å²) in [5, 5.41) is 2.50. The first-order valence-corrected chi connectivity index (χ1v) is 11.7. The average molecular weight is 447 g/mol. The summed E-state index contributed by atoms with van der Waals surface area (Å²) in [4.78, 5) is 16.0. The van der Waals surface area contributed by atoms with Gasteiger partial charge in [0.25, 0.3) is 0 Å². The van der Waals surface area contributed by atoms with E-state index in [0.717, 1.165) is 47.7 Å².